The molecule has 21 heavy (non-hydrogen) atoms. The topological polar surface area (TPSA) is 55.7 Å². The van der Waals surface area contributed by atoms with Crippen LogP contribution in [0.1, 0.15) is 58.3 Å². The lowest BCUT2D eigenvalue weighted by Gasteiger charge is -2.37. The van der Waals surface area contributed by atoms with Gasteiger partial charge in [0.25, 0.3) is 0 Å². The van der Waals surface area contributed by atoms with E-state index in [0.29, 0.717) is 12.1 Å². The van der Waals surface area contributed by atoms with Crippen molar-refractivity contribution in [3.8, 4) is 0 Å². The number of nitrogens with one attached hydrogen (secondary N) is 1. The molecule has 3 N–H and O–H groups in total. The summed E-state index contributed by atoms with van der Waals surface area (Å²) in [5.74, 6) is 0.774. The van der Waals surface area contributed by atoms with Crippen molar-refractivity contribution >= 4 is 0 Å². The number of rotatable bonds is 4. The molecular formula is C17H32N2O2. The van der Waals surface area contributed by atoms with Gasteiger partial charge < -0.3 is 15.5 Å². The van der Waals surface area contributed by atoms with Gasteiger partial charge in [-0.05, 0) is 50.9 Å². The van der Waals surface area contributed by atoms with Gasteiger partial charge in [-0.1, -0.05) is 13.3 Å². The van der Waals surface area contributed by atoms with E-state index in [4.69, 9.17) is 0 Å². The first-order valence-electron chi connectivity index (χ1n) is 8.94. The lowest BCUT2D eigenvalue weighted by molar-refractivity contribution is -0.00990. The highest BCUT2D eigenvalue weighted by molar-refractivity contribution is 4.96. The fraction of sp³-hybridized carbons (Fsp3) is 1.00. The quantitative estimate of drug-likeness (QED) is 0.736. The molecule has 3 atom stereocenters. The average molecular weight is 296 g/mol. The van der Waals surface area contributed by atoms with Crippen molar-refractivity contribution in [2.75, 3.05) is 19.6 Å². The molecule has 1 heterocycles. The maximum absolute atomic E-state index is 10.7. The predicted octanol–water partition coefficient (Wildman–Crippen LogP) is 1.50. The smallest absolute Gasteiger partial charge is 0.0771 e. The molecule has 3 aliphatic rings. The second-order valence-electron chi connectivity index (χ2n) is 7.83. The van der Waals surface area contributed by atoms with Gasteiger partial charge in [-0.2, -0.15) is 0 Å². The molecule has 2 saturated carbocycles. The van der Waals surface area contributed by atoms with E-state index in [1.54, 1.807) is 0 Å². The summed E-state index contributed by atoms with van der Waals surface area (Å²) in [6.45, 7) is 4.91. The van der Waals surface area contributed by atoms with Crippen LogP contribution in [0.4, 0.5) is 0 Å². The Labute approximate surface area is 128 Å². The van der Waals surface area contributed by atoms with E-state index in [9.17, 15) is 10.2 Å². The minimum absolute atomic E-state index is 0.129. The summed E-state index contributed by atoms with van der Waals surface area (Å²) >= 11 is 0. The van der Waals surface area contributed by atoms with Crippen LogP contribution in [-0.4, -0.2) is 58.5 Å². The first kappa shape index (κ1) is 15.7. The number of aliphatic hydroxyl groups is 2. The molecule has 2 aliphatic carbocycles. The van der Waals surface area contributed by atoms with Crippen LogP contribution in [0.2, 0.25) is 0 Å². The van der Waals surface area contributed by atoms with E-state index >= 15 is 0 Å². The Morgan fingerprint density at radius 3 is 2.57 bits per heavy atom. The third kappa shape index (κ3) is 3.79. The van der Waals surface area contributed by atoms with Gasteiger partial charge in [0.15, 0.2) is 0 Å². The van der Waals surface area contributed by atoms with Crippen molar-refractivity contribution in [1.82, 2.24) is 10.2 Å². The van der Waals surface area contributed by atoms with Crippen molar-refractivity contribution in [3.63, 3.8) is 0 Å². The summed E-state index contributed by atoms with van der Waals surface area (Å²) in [6.07, 6.45) is 8.71. The molecule has 1 unspecified atom stereocenters. The number of aliphatic hydroxyl groups excluding tert-OH is 1. The van der Waals surface area contributed by atoms with Gasteiger partial charge in [0, 0.05) is 31.7 Å². The van der Waals surface area contributed by atoms with Gasteiger partial charge in [-0.25, -0.2) is 0 Å². The van der Waals surface area contributed by atoms with Crippen LogP contribution in [0.3, 0.4) is 0 Å². The second kappa shape index (κ2) is 6.53. The van der Waals surface area contributed by atoms with E-state index in [0.717, 1.165) is 57.7 Å². The Bertz CT molecular complexity index is 342. The van der Waals surface area contributed by atoms with Gasteiger partial charge in [0.1, 0.15) is 0 Å². The average Bonchev–Trinajstić information content (AvgIpc) is 3.09. The van der Waals surface area contributed by atoms with E-state index < -0.39 is 5.60 Å². The Kier molecular flexibility index (Phi) is 4.89. The zero-order valence-electron chi connectivity index (χ0n) is 13.4. The van der Waals surface area contributed by atoms with E-state index in [1.807, 2.05) is 0 Å². The summed E-state index contributed by atoms with van der Waals surface area (Å²) in [5.41, 5.74) is -0.482. The molecule has 122 valence electrons. The van der Waals surface area contributed by atoms with Gasteiger partial charge in [0.05, 0.1) is 11.7 Å². The van der Waals surface area contributed by atoms with E-state index in [-0.39, 0.29) is 6.10 Å². The molecule has 1 saturated heterocycles. The normalized spacial score (nSPS) is 45.3. The summed E-state index contributed by atoms with van der Waals surface area (Å²) < 4.78 is 0. The second-order valence-corrected chi connectivity index (χ2v) is 7.83. The zero-order valence-corrected chi connectivity index (χ0v) is 13.4. The molecule has 4 nitrogen and oxygen atoms in total. The summed E-state index contributed by atoms with van der Waals surface area (Å²) in [5, 5.41) is 24.1. The van der Waals surface area contributed by atoms with Crippen LogP contribution in [0.15, 0.2) is 0 Å². The molecular weight excluding hydrogens is 264 g/mol. The minimum atomic E-state index is -0.482. The largest absolute Gasteiger partial charge is 0.392 e. The third-order valence-electron chi connectivity index (χ3n) is 6.04. The fourth-order valence-corrected chi connectivity index (χ4v) is 4.48. The summed E-state index contributed by atoms with van der Waals surface area (Å²) in [7, 11) is 0. The first-order valence-corrected chi connectivity index (χ1v) is 8.94. The van der Waals surface area contributed by atoms with Gasteiger partial charge in [-0.15, -0.1) is 0 Å². The lowest BCUT2D eigenvalue weighted by Crippen LogP contribution is -2.52. The summed E-state index contributed by atoms with van der Waals surface area (Å²) in [4.78, 5) is 2.46. The van der Waals surface area contributed by atoms with Crippen molar-refractivity contribution in [2.24, 2.45) is 5.92 Å². The number of β-amino-alcohol motifs (C(OH)–C–C–N with tert-alkyl or cyclic N) is 1. The van der Waals surface area contributed by atoms with Crippen LogP contribution in [0.5, 0.6) is 0 Å². The van der Waals surface area contributed by atoms with E-state index in [1.165, 1.54) is 19.3 Å². The Balaban J connectivity index is 1.50. The highest BCUT2D eigenvalue weighted by atomic mass is 16.3. The molecule has 0 radical (unpaired) electrons. The maximum atomic E-state index is 10.7. The molecule has 1 aliphatic heterocycles. The standard InChI is InChI=1S/C17H32N2O2/c1-13-5-8-17(21,9-6-13)12-18-15-3-2-4-16(15)19-10-7-14(20)11-19/h13-16,18,20-21H,2-12H2,1H3/t13?,14?,15-,16+,17?/m1/s1. The van der Waals surface area contributed by atoms with Gasteiger partial charge in [-0.3, -0.25) is 4.90 Å². The van der Waals surface area contributed by atoms with Crippen LogP contribution < -0.4 is 5.32 Å². The van der Waals surface area contributed by atoms with Gasteiger partial charge >= 0.3 is 0 Å². The molecule has 0 bridgehead atoms. The number of likely N-dealkylation sites (tertiary alicyclic amines) is 1. The van der Waals surface area contributed by atoms with Crippen LogP contribution in [0, 0.1) is 5.92 Å². The lowest BCUT2D eigenvalue weighted by atomic mass is 9.79. The molecule has 3 fully saturated rings. The Hall–Kier alpha value is -0.160. The van der Waals surface area contributed by atoms with Crippen molar-refractivity contribution in [1.29, 1.82) is 0 Å². The first-order chi connectivity index (χ1) is 10.1. The highest BCUT2D eigenvalue weighted by Crippen LogP contribution is 2.32. The van der Waals surface area contributed by atoms with Crippen LogP contribution in [0.25, 0.3) is 0 Å². The van der Waals surface area contributed by atoms with E-state index in [2.05, 4.69) is 17.1 Å². The molecule has 4 heteroatoms. The molecule has 0 aromatic carbocycles. The predicted molar refractivity (Wildman–Crippen MR) is 84.2 cm³/mol. The molecule has 0 aromatic rings. The fourth-order valence-electron chi connectivity index (χ4n) is 4.48. The number of nitrogens with zero attached hydrogens (tertiary/aromatic N) is 1. The SMILES string of the molecule is CC1CCC(O)(CN[C@@H]2CCC[C@@H]2N2CCC(O)C2)CC1. The monoisotopic (exact) mass is 296 g/mol. The Morgan fingerprint density at radius 2 is 1.90 bits per heavy atom. The highest BCUT2D eigenvalue weighted by Gasteiger charge is 2.38. The Morgan fingerprint density at radius 1 is 1.14 bits per heavy atom. The molecule has 0 amide bonds. The zero-order chi connectivity index (χ0) is 14.9. The van der Waals surface area contributed by atoms with Crippen molar-refractivity contribution in [3.05, 3.63) is 0 Å². The number of hydrogen-bond donors (Lipinski definition) is 3. The van der Waals surface area contributed by atoms with Gasteiger partial charge in [0.2, 0.25) is 0 Å². The third-order valence-corrected chi connectivity index (χ3v) is 6.04. The molecule has 0 spiro atoms. The van der Waals surface area contributed by atoms with Crippen LogP contribution >= 0.6 is 0 Å². The molecule has 3 rings (SSSR count). The molecule has 0 aromatic heterocycles. The number of hydrogen-bond acceptors (Lipinski definition) is 4. The minimum Gasteiger partial charge on any atom is -0.392 e. The summed E-state index contributed by atoms with van der Waals surface area (Å²) in [6, 6.07) is 1.06. The maximum Gasteiger partial charge on any atom is 0.0771 e. The van der Waals surface area contributed by atoms with Crippen molar-refractivity contribution in [2.45, 2.75) is 82.1 Å². The van der Waals surface area contributed by atoms with Crippen LogP contribution in [-0.2, 0) is 0 Å². The van der Waals surface area contributed by atoms with Crippen molar-refractivity contribution < 1.29 is 10.2 Å².